The Morgan fingerprint density at radius 3 is 2.41 bits per heavy atom. The van der Waals surface area contributed by atoms with Gasteiger partial charge in [0.25, 0.3) is 0 Å². The van der Waals surface area contributed by atoms with Crippen LogP contribution < -0.4 is 0 Å². The van der Waals surface area contributed by atoms with E-state index in [4.69, 9.17) is 4.74 Å². The Hall–Kier alpha value is -2.22. The molecule has 7 nitrogen and oxygen atoms in total. The molecule has 0 spiro atoms. The van der Waals surface area contributed by atoms with Gasteiger partial charge in [-0.05, 0) is 52.3 Å². The molecule has 0 saturated carbocycles. The molecule has 0 fully saturated rings. The predicted molar refractivity (Wildman–Crippen MR) is 108 cm³/mol. The van der Waals surface area contributed by atoms with Crippen LogP contribution in [0.4, 0.5) is 5.82 Å². The lowest BCUT2D eigenvalue weighted by Gasteiger charge is -2.25. The molecule has 1 aromatic carbocycles. The van der Waals surface area contributed by atoms with Crippen molar-refractivity contribution in [2.24, 2.45) is 10.3 Å². The van der Waals surface area contributed by atoms with E-state index in [1.54, 1.807) is 17.8 Å². The number of ether oxygens (including phenoxy) is 1. The van der Waals surface area contributed by atoms with Crippen LogP contribution in [0.3, 0.4) is 0 Å². The van der Waals surface area contributed by atoms with Crippen molar-refractivity contribution in [2.75, 3.05) is 6.61 Å². The van der Waals surface area contributed by atoms with Crippen molar-refractivity contribution in [3.63, 3.8) is 0 Å². The second kappa shape index (κ2) is 9.64. The zero-order valence-corrected chi connectivity index (χ0v) is 18.0. The Bertz CT molecular complexity index is 776. The highest BCUT2D eigenvalue weighted by atomic mass is 79.9. The van der Waals surface area contributed by atoms with Crippen LogP contribution in [0.1, 0.15) is 50.5 Å². The van der Waals surface area contributed by atoms with Crippen molar-refractivity contribution in [3.05, 3.63) is 46.1 Å². The monoisotopic (exact) mass is 435 g/mol. The van der Waals surface area contributed by atoms with Crippen LogP contribution in [0.5, 0.6) is 0 Å². The first-order chi connectivity index (χ1) is 12.8. The number of aromatic nitrogens is 2. The Kier molecular flexibility index (Phi) is 7.53. The molecule has 0 atom stereocenters. The summed E-state index contributed by atoms with van der Waals surface area (Å²) in [6.07, 6.45) is 1.66. The second-order valence-corrected chi connectivity index (χ2v) is 7.58. The summed E-state index contributed by atoms with van der Waals surface area (Å²) in [5, 5.41) is 14.8. The molecule has 0 unspecified atom stereocenters. The molecule has 27 heavy (non-hydrogen) atoms. The van der Waals surface area contributed by atoms with Crippen molar-refractivity contribution in [1.82, 2.24) is 14.8 Å². The van der Waals surface area contributed by atoms with Crippen molar-refractivity contribution >= 4 is 27.7 Å². The fourth-order valence-corrected chi connectivity index (χ4v) is 2.86. The van der Waals surface area contributed by atoms with Gasteiger partial charge in [0.2, 0.25) is 5.82 Å². The molecule has 0 aliphatic carbocycles. The fourth-order valence-electron chi connectivity index (χ4n) is 2.59. The summed E-state index contributed by atoms with van der Waals surface area (Å²) in [6, 6.07) is 8.30. The van der Waals surface area contributed by atoms with E-state index in [9.17, 15) is 4.79 Å². The van der Waals surface area contributed by atoms with Crippen LogP contribution in [0, 0.1) is 0 Å². The van der Waals surface area contributed by atoms with Gasteiger partial charge in [0.1, 0.15) is 5.56 Å². The van der Waals surface area contributed by atoms with Gasteiger partial charge in [0.05, 0.1) is 13.2 Å². The Labute approximate surface area is 168 Å². The van der Waals surface area contributed by atoms with E-state index in [0.29, 0.717) is 12.1 Å². The van der Waals surface area contributed by atoms with Gasteiger partial charge in [0, 0.05) is 22.8 Å². The first-order valence-electron chi connectivity index (χ1n) is 9.00. The second-order valence-electron chi connectivity index (χ2n) is 6.67. The number of halogens is 1. The quantitative estimate of drug-likeness (QED) is 0.332. The minimum atomic E-state index is -0.450. The predicted octanol–water partition coefficient (Wildman–Crippen LogP) is 4.99. The molecule has 2 rings (SSSR count). The maximum absolute atomic E-state index is 12.3. The molecule has 0 amide bonds. The zero-order chi connectivity index (χ0) is 20.0. The van der Waals surface area contributed by atoms with Crippen LogP contribution in [0.25, 0.3) is 0 Å². The average molecular weight is 436 g/mol. The summed E-state index contributed by atoms with van der Waals surface area (Å²) >= 11 is 3.42. The third-order valence-electron chi connectivity index (χ3n) is 3.80. The normalized spacial score (nSPS) is 11.6. The molecule has 1 aromatic heterocycles. The molecule has 146 valence electrons. The number of carbonyl (C=O) groups is 1. The maximum Gasteiger partial charge on any atom is 0.343 e. The van der Waals surface area contributed by atoms with Crippen LogP contribution in [0.15, 0.2) is 45.3 Å². The summed E-state index contributed by atoms with van der Waals surface area (Å²) in [6.45, 7) is 10.7. The van der Waals surface area contributed by atoms with E-state index < -0.39 is 5.97 Å². The maximum atomic E-state index is 12.3. The standard InChI is InChI=1S/C19H26BrN5O2/c1-6-27-19(26)17-12-24(11-15-7-9-16(20)10-8-15)22-18(17)21-23-25(13(2)3)14(4)5/h7-10,12-14H,6,11H2,1-5H3. The summed E-state index contributed by atoms with van der Waals surface area (Å²) in [5.41, 5.74) is 1.37. The van der Waals surface area contributed by atoms with Crippen LogP contribution in [-0.4, -0.2) is 39.4 Å². The minimum absolute atomic E-state index is 0.185. The molecule has 0 saturated heterocycles. The third kappa shape index (κ3) is 5.89. The molecular formula is C19H26BrN5O2. The molecule has 1 heterocycles. The van der Waals surface area contributed by atoms with Crippen LogP contribution in [0.2, 0.25) is 0 Å². The van der Waals surface area contributed by atoms with Gasteiger partial charge in [-0.1, -0.05) is 33.3 Å². The Morgan fingerprint density at radius 1 is 1.22 bits per heavy atom. The minimum Gasteiger partial charge on any atom is -0.462 e. The van der Waals surface area contributed by atoms with Gasteiger partial charge in [-0.3, -0.25) is 9.69 Å². The number of benzene rings is 1. The largest absolute Gasteiger partial charge is 0.462 e. The van der Waals surface area contributed by atoms with Gasteiger partial charge in [0.15, 0.2) is 0 Å². The topological polar surface area (TPSA) is 72.1 Å². The van der Waals surface area contributed by atoms with Crippen LogP contribution >= 0.6 is 15.9 Å². The molecule has 0 aliphatic rings. The summed E-state index contributed by atoms with van der Waals surface area (Å²) < 4.78 is 7.83. The molecule has 2 aromatic rings. The third-order valence-corrected chi connectivity index (χ3v) is 4.32. The van der Waals surface area contributed by atoms with Crippen molar-refractivity contribution in [2.45, 2.75) is 53.2 Å². The van der Waals surface area contributed by atoms with Crippen LogP contribution in [-0.2, 0) is 11.3 Å². The van der Waals surface area contributed by atoms with Gasteiger partial charge in [-0.25, -0.2) is 4.79 Å². The highest BCUT2D eigenvalue weighted by Crippen LogP contribution is 2.21. The SMILES string of the molecule is CCOC(=O)c1cn(Cc2ccc(Br)cc2)nc1N=NN(C(C)C)C(C)C. The fraction of sp³-hybridized carbons (Fsp3) is 0.474. The lowest BCUT2D eigenvalue weighted by atomic mass is 10.2. The number of nitrogens with zero attached hydrogens (tertiary/aromatic N) is 5. The lowest BCUT2D eigenvalue weighted by molar-refractivity contribution is 0.0527. The van der Waals surface area contributed by atoms with Crippen molar-refractivity contribution < 1.29 is 9.53 Å². The number of hydrogen-bond donors (Lipinski definition) is 0. The Balaban J connectivity index is 2.31. The number of rotatable bonds is 8. The van der Waals surface area contributed by atoms with E-state index in [1.165, 1.54) is 0 Å². The number of carbonyl (C=O) groups excluding carboxylic acids is 1. The lowest BCUT2D eigenvalue weighted by Crippen LogP contribution is -2.31. The van der Waals surface area contributed by atoms with Crippen molar-refractivity contribution in [3.8, 4) is 0 Å². The van der Waals surface area contributed by atoms with E-state index in [1.807, 2.05) is 57.0 Å². The highest BCUT2D eigenvalue weighted by Gasteiger charge is 2.19. The van der Waals surface area contributed by atoms with Gasteiger partial charge in [-0.2, -0.15) is 0 Å². The van der Waals surface area contributed by atoms with Gasteiger partial charge >= 0.3 is 5.97 Å². The Morgan fingerprint density at radius 2 is 1.85 bits per heavy atom. The van der Waals surface area contributed by atoms with Gasteiger partial charge in [-0.15, -0.1) is 10.2 Å². The molecule has 0 N–H and O–H groups in total. The van der Waals surface area contributed by atoms with E-state index in [0.717, 1.165) is 10.0 Å². The molecule has 0 radical (unpaired) electrons. The number of hydrogen-bond acceptors (Lipinski definition) is 5. The first kappa shape index (κ1) is 21.1. The first-order valence-corrected chi connectivity index (χ1v) is 9.80. The van der Waals surface area contributed by atoms with E-state index in [2.05, 4.69) is 31.4 Å². The smallest absolute Gasteiger partial charge is 0.343 e. The summed E-state index contributed by atoms with van der Waals surface area (Å²) in [7, 11) is 0. The summed E-state index contributed by atoms with van der Waals surface area (Å²) in [5.74, 6) is -0.189. The summed E-state index contributed by atoms with van der Waals surface area (Å²) in [4.78, 5) is 12.3. The molecule has 0 aliphatic heterocycles. The molecular weight excluding hydrogens is 410 g/mol. The van der Waals surface area contributed by atoms with Crippen molar-refractivity contribution in [1.29, 1.82) is 0 Å². The van der Waals surface area contributed by atoms with Gasteiger partial charge < -0.3 is 4.74 Å². The van der Waals surface area contributed by atoms with E-state index >= 15 is 0 Å². The average Bonchev–Trinajstić information content (AvgIpc) is 2.99. The molecule has 0 bridgehead atoms. The molecule has 8 heteroatoms. The highest BCUT2D eigenvalue weighted by molar-refractivity contribution is 9.10. The van der Waals surface area contributed by atoms with E-state index in [-0.39, 0.29) is 24.5 Å². The zero-order valence-electron chi connectivity index (χ0n) is 16.4. The number of esters is 1.